The Bertz CT molecular complexity index is 5520. The Morgan fingerprint density at radius 3 is 1.11 bits per heavy atom. The molecular weight excluding hydrogens is 1080 g/mol. The van der Waals surface area contributed by atoms with Crippen molar-refractivity contribution in [2.24, 2.45) is 20.5 Å². The normalized spacial score (nSPS) is 9.59. The Morgan fingerprint density at radius 1 is 0.364 bits per heavy atom. The van der Waals surface area contributed by atoms with Crippen LogP contribution in [-0.2, 0) is 19.1 Å². The molecule has 0 bridgehead atoms. The number of ether oxygens (including phenoxy) is 2. The van der Waals surface area contributed by atoms with Crippen LogP contribution in [0.15, 0.2) is 118 Å². The fourth-order valence-electron chi connectivity index (χ4n) is 6.25. The number of hydrogen-bond acceptors (Lipinski definition) is 10. The van der Waals surface area contributed by atoms with Gasteiger partial charge in [-0.3, -0.25) is 0 Å². The van der Waals surface area contributed by atoms with E-state index in [4.69, 9.17) is 15.9 Å². The van der Waals surface area contributed by atoms with Crippen LogP contribution in [0, 0.1) is 285 Å². The largest absolute Gasteiger partial charge is 0.465 e. The smallest absolute Gasteiger partial charge is 0.379 e. The number of esters is 2. The first-order valence-electron chi connectivity index (χ1n) is 24.3. The van der Waals surface area contributed by atoms with Crippen molar-refractivity contribution in [3.05, 3.63) is 97.1 Å². The van der Waals surface area contributed by atoms with Gasteiger partial charge in [-0.15, -0.1) is 21.8 Å². The monoisotopic (exact) mass is 1110 g/mol. The number of methoxy groups -OCH3 is 1. The van der Waals surface area contributed by atoms with E-state index in [2.05, 4.69) is 310 Å². The number of nitrogens with one attached hydrogen (secondary N) is 2. The lowest BCUT2D eigenvalue weighted by Gasteiger charge is -2.36. The summed E-state index contributed by atoms with van der Waals surface area (Å²) < 4.78 is 10.3. The fourth-order valence-corrected chi connectivity index (χ4v) is 6.25. The molecule has 1 aliphatic heterocycles. The molecule has 1 aliphatic rings. The molecule has 10 heteroatoms. The van der Waals surface area contributed by atoms with Crippen LogP contribution in [0.5, 0.6) is 0 Å². The molecule has 0 radical (unpaired) electrons. The van der Waals surface area contributed by atoms with Crippen molar-refractivity contribution < 1.29 is 19.1 Å². The van der Waals surface area contributed by atoms with Gasteiger partial charge >= 0.3 is 17.6 Å². The molecule has 1 atom stereocenters. The minimum atomic E-state index is -2.29. The molecular formula is C78H22N6O4. The highest BCUT2D eigenvalue weighted by Crippen LogP contribution is 2.45. The van der Waals surface area contributed by atoms with Gasteiger partial charge in [-0.1, -0.05) is 60.7 Å². The number of fused-ring (bicyclic) bond motifs is 1. The van der Waals surface area contributed by atoms with E-state index >= 15 is 0 Å². The summed E-state index contributed by atoms with van der Waals surface area (Å²) in [7, 11) is 1.13. The summed E-state index contributed by atoms with van der Waals surface area (Å²) in [4.78, 5) is 27.3. The van der Waals surface area contributed by atoms with Crippen molar-refractivity contribution in [1.82, 2.24) is 0 Å². The van der Waals surface area contributed by atoms with Crippen molar-refractivity contribution >= 4 is 67.6 Å². The summed E-state index contributed by atoms with van der Waals surface area (Å²) in [5, 5.41) is 27.0. The Kier molecular flexibility index (Phi) is 25.5. The summed E-state index contributed by atoms with van der Waals surface area (Å²) in [6, 6.07) is 29.5. The first-order chi connectivity index (χ1) is 43.5. The molecule has 0 aliphatic carbocycles. The highest BCUT2D eigenvalue weighted by atomic mass is 16.6. The number of benzene rings is 5. The van der Waals surface area contributed by atoms with Gasteiger partial charge in [0.15, 0.2) is 0 Å². The third-order valence-electron chi connectivity index (χ3n) is 9.65. The maximum atomic E-state index is 13.8. The Morgan fingerprint density at radius 2 is 0.716 bits per heavy atom. The Labute approximate surface area is 509 Å². The van der Waals surface area contributed by atoms with Crippen molar-refractivity contribution in [2.45, 2.75) is 5.66 Å². The maximum absolute atomic E-state index is 13.8. The molecule has 5 aromatic carbocycles. The van der Waals surface area contributed by atoms with Gasteiger partial charge in [-0.05, 0) is 89.1 Å². The molecule has 1 heterocycles. The lowest BCUT2D eigenvalue weighted by Crippen LogP contribution is -2.61. The van der Waals surface area contributed by atoms with Crippen LogP contribution in [0.2, 0.25) is 0 Å². The van der Waals surface area contributed by atoms with E-state index < -0.39 is 17.6 Å². The second kappa shape index (κ2) is 36.8. The molecule has 0 fully saturated rings. The molecule has 0 spiro atoms. The topological polar surface area (TPSA) is 126 Å². The van der Waals surface area contributed by atoms with Crippen molar-refractivity contribution in [3.8, 4) is 285 Å². The molecule has 5 aromatic rings. The van der Waals surface area contributed by atoms with Gasteiger partial charge in [0.2, 0.25) is 0 Å². The molecule has 0 aromatic heterocycles. The molecule has 88 heavy (non-hydrogen) atoms. The average Bonchev–Trinajstić information content (AvgIpc) is 0.916. The highest BCUT2D eigenvalue weighted by molar-refractivity contribution is 6.19. The van der Waals surface area contributed by atoms with E-state index in [1.54, 1.807) is 30.3 Å². The predicted molar refractivity (Wildman–Crippen MR) is 338 cm³/mol. The zero-order valence-electron chi connectivity index (χ0n) is 45.2. The van der Waals surface area contributed by atoms with E-state index in [0.29, 0.717) is 39.5 Å². The van der Waals surface area contributed by atoms with Crippen LogP contribution in [0.1, 0.15) is 0 Å². The third-order valence-corrected chi connectivity index (χ3v) is 9.65. The number of carbonyl (C=O) groups excluding carboxylic acids is 2. The third kappa shape index (κ3) is 20.9. The molecule has 0 amide bonds. The predicted octanol–water partition coefficient (Wildman–Crippen LogP) is 7.74. The number of rotatable bonds is 6. The zero-order chi connectivity index (χ0) is 61.6. The van der Waals surface area contributed by atoms with Crippen LogP contribution in [0.25, 0.3) is 21.5 Å². The number of anilines is 2. The van der Waals surface area contributed by atoms with Gasteiger partial charge in [0.1, 0.15) is 11.8 Å². The van der Waals surface area contributed by atoms with Crippen LogP contribution in [0.4, 0.5) is 34.1 Å². The molecule has 2 N–H and O–H groups in total. The van der Waals surface area contributed by atoms with Gasteiger partial charge in [0, 0.05) is 247 Å². The van der Waals surface area contributed by atoms with Gasteiger partial charge in [-0.2, -0.15) is 5.11 Å². The van der Waals surface area contributed by atoms with Crippen molar-refractivity contribution in [3.63, 3.8) is 0 Å². The first-order valence-corrected chi connectivity index (χ1v) is 24.3. The van der Waals surface area contributed by atoms with Crippen molar-refractivity contribution in [2.75, 3.05) is 17.7 Å². The molecule has 1 unspecified atom stereocenters. The zero-order valence-corrected chi connectivity index (χ0v) is 45.2. The Balaban J connectivity index is 0.935. The van der Waals surface area contributed by atoms with Gasteiger partial charge in [0.05, 0.1) is 29.9 Å². The fraction of sp³-hybridized carbons (Fsp3) is 0.0256. The summed E-state index contributed by atoms with van der Waals surface area (Å²) in [5.41, 5.74) is 0.650. The van der Waals surface area contributed by atoms with Crippen LogP contribution in [-0.4, -0.2) is 24.7 Å². The van der Waals surface area contributed by atoms with E-state index in [0.717, 1.165) is 23.3 Å². The summed E-state index contributed by atoms with van der Waals surface area (Å²) in [6.07, 6.45) is 7.16. The van der Waals surface area contributed by atoms with Crippen molar-refractivity contribution in [1.29, 1.82) is 0 Å². The molecule has 10 nitrogen and oxygen atoms in total. The van der Waals surface area contributed by atoms with E-state index in [9.17, 15) is 9.59 Å². The van der Waals surface area contributed by atoms with E-state index in [1.165, 1.54) is 0 Å². The second-order valence-corrected chi connectivity index (χ2v) is 15.0. The van der Waals surface area contributed by atoms with Crippen LogP contribution >= 0.6 is 0 Å². The minimum Gasteiger partial charge on any atom is -0.465 e. The highest BCUT2D eigenvalue weighted by Gasteiger charge is 2.52. The maximum Gasteiger partial charge on any atom is 0.379 e. The van der Waals surface area contributed by atoms with Crippen LogP contribution in [0.3, 0.4) is 0 Å². The number of terminal acetylenes is 1. The summed E-state index contributed by atoms with van der Waals surface area (Å²) >= 11 is 0. The lowest BCUT2D eigenvalue weighted by molar-refractivity contribution is -0.156. The quantitative estimate of drug-likeness (QED) is 0.0777. The molecule has 0 saturated carbocycles. The lowest BCUT2D eigenvalue weighted by atomic mass is 9.98. The van der Waals surface area contributed by atoms with Gasteiger partial charge in [-0.25, -0.2) is 9.59 Å². The average molecular weight is 1110 g/mol. The van der Waals surface area contributed by atoms with Crippen LogP contribution < -0.4 is 10.6 Å². The van der Waals surface area contributed by atoms with Gasteiger partial charge < -0.3 is 20.1 Å². The van der Waals surface area contributed by atoms with E-state index in [1.807, 2.05) is 66.7 Å². The minimum absolute atomic E-state index is 0.311. The standard InChI is InChI=1S/C78H22N6O4/c1-3-4-5-6-7-8-9-10-11-12-13-14-15-16-17-18-19-20-21-22-23-24-25-26-27-28-29-30-31-32-33-34-35-36-37-38-39-40-41-42-43-44-45-46-47-53-65-88-77(86)78(76(85)87-2)79-72-60-54-55-66-61-62-73(75(80-78)74(66)72)84-83-71-64-63-70(68-58-51-52-59-69(68)71)82-81-67-56-49-48-50-57-67/h1,48-52,54-64,79-80H,2H3. The second-order valence-electron chi connectivity index (χ2n) is 15.0. The number of hydrogen-bond donors (Lipinski definition) is 2. The van der Waals surface area contributed by atoms with Gasteiger partial charge in [0.25, 0.3) is 0 Å². The number of azo groups is 2. The molecule has 388 valence electrons. The first kappa shape index (κ1) is 61.0. The molecule has 6 rings (SSSR count). The summed E-state index contributed by atoms with van der Waals surface area (Å²) in [6.45, 7) is 0. The number of carbonyl (C=O) groups is 2. The Hall–Kier alpha value is -16.2. The van der Waals surface area contributed by atoms with E-state index in [-0.39, 0.29) is 0 Å². The SMILES string of the molecule is C#CC#CC#CC#CC#CC#CC#CC#CC#CC#CC#CC#CC#CC#CC#CC#CC#CC#CC#CC#CC#CC#CC#CC#COC(=O)C1(C(=O)OC)Nc2cccc3ccc(N=Nc4ccc(N=Nc5ccccc5)c5ccccc45)c(c23)N1. The molecule has 0 saturated heterocycles. The number of nitrogens with zero attached hydrogens (tertiary/aromatic N) is 4. The summed E-state index contributed by atoms with van der Waals surface area (Å²) in [5.74, 6) is 112.